The minimum Gasteiger partial charge on any atom is -0.495 e. The van der Waals surface area contributed by atoms with E-state index in [0.29, 0.717) is 17.9 Å². The molecule has 0 radical (unpaired) electrons. The van der Waals surface area contributed by atoms with Gasteiger partial charge in [0.2, 0.25) is 10.0 Å². The van der Waals surface area contributed by atoms with E-state index >= 15 is 0 Å². The number of rotatable bonds is 8. The third-order valence-electron chi connectivity index (χ3n) is 5.55. The number of anilines is 1. The number of ether oxygens (including phenoxy) is 2. The second-order valence-corrected chi connectivity index (χ2v) is 10.3. The molecule has 0 atom stereocenters. The normalized spacial score (nSPS) is 15.0. The lowest BCUT2D eigenvalue weighted by atomic mass is 9.64. The molecular formula is C22H25ClN2O6S. The highest BCUT2D eigenvalue weighted by Crippen LogP contribution is 2.45. The Morgan fingerprint density at radius 1 is 1.12 bits per heavy atom. The summed E-state index contributed by atoms with van der Waals surface area (Å²) in [4.78, 5) is 25.3. The summed E-state index contributed by atoms with van der Waals surface area (Å²) in [6.45, 7) is -0.512. The highest BCUT2D eigenvalue weighted by Gasteiger charge is 2.47. The molecule has 10 heteroatoms. The maximum absolute atomic E-state index is 12.8. The molecule has 1 fully saturated rings. The minimum atomic E-state index is -3.70. The van der Waals surface area contributed by atoms with Crippen molar-refractivity contribution >= 4 is 39.2 Å². The molecule has 0 bridgehead atoms. The molecule has 0 aliphatic heterocycles. The smallest absolute Gasteiger partial charge is 0.317 e. The molecule has 0 aromatic heterocycles. The number of benzene rings is 2. The zero-order chi connectivity index (χ0) is 23.5. The van der Waals surface area contributed by atoms with Crippen LogP contribution in [0.1, 0.15) is 24.8 Å². The topological polar surface area (TPSA) is 102 Å². The lowest BCUT2D eigenvalue weighted by Gasteiger charge is -2.39. The molecule has 3 rings (SSSR count). The molecule has 0 saturated heterocycles. The molecule has 0 unspecified atom stereocenters. The highest BCUT2D eigenvalue weighted by atomic mass is 35.5. The van der Waals surface area contributed by atoms with Crippen molar-refractivity contribution in [2.45, 2.75) is 29.6 Å². The number of nitrogens with one attached hydrogen (secondary N) is 1. The van der Waals surface area contributed by atoms with Gasteiger partial charge in [0.25, 0.3) is 5.91 Å². The van der Waals surface area contributed by atoms with Gasteiger partial charge in [-0.25, -0.2) is 12.7 Å². The van der Waals surface area contributed by atoms with Crippen molar-refractivity contribution in [1.29, 1.82) is 0 Å². The van der Waals surface area contributed by atoms with Crippen LogP contribution in [0.3, 0.4) is 0 Å². The van der Waals surface area contributed by atoms with Gasteiger partial charge in [0, 0.05) is 19.1 Å². The zero-order valence-electron chi connectivity index (χ0n) is 18.1. The Balaban J connectivity index is 1.70. The summed E-state index contributed by atoms with van der Waals surface area (Å²) in [5.41, 5.74) is 0.191. The van der Waals surface area contributed by atoms with Crippen LogP contribution >= 0.6 is 11.6 Å². The number of methoxy groups -OCH3 is 1. The molecule has 0 spiro atoms. The fraction of sp³-hybridized carbons (Fsp3) is 0.364. The average Bonchev–Trinajstić information content (AvgIpc) is 2.72. The maximum atomic E-state index is 12.8. The van der Waals surface area contributed by atoms with Gasteiger partial charge < -0.3 is 14.8 Å². The van der Waals surface area contributed by atoms with E-state index in [1.807, 2.05) is 0 Å². The van der Waals surface area contributed by atoms with E-state index in [1.165, 1.54) is 39.4 Å². The van der Waals surface area contributed by atoms with Crippen molar-refractivity contribution in [3.05, 3.63) is 53.1 Å². The Morgan fingerprint density at radius 3 is 2.31 bits per heavy atom. The van der Waals surface area contributed by atoms with E-state index in [1.54, 1.807) is 24.3 Å². The summed E-state index contributed by atoms with van der Waals surface area (Å²) in [5, 5.41) is 3.13. The molecule has 1 aliphatic carbocycles. The van der Waals surface area contributed by atoms with Gasteiger partial charge >= 0.3 is 5.97 Å². The SMILES string of the molecule is COc1ccc(S(=O)(=O)N(C)C)cc1NC(=O)COC(=O)C1(c2ccc(Cl)cc2)CCC1. The number of esters is 1. The van der Waals surface area contributed by atoms with Crippen molar-refractivity contribution in [2.24, 2.45) is 0 Å². The summed E-state index contributed by atoms with van der Waals surface area (Å²) in [5.74, 6) is -0.808. The number of hydrogen-bond acceptors (Lipinski definition) is 6. The van der Waals surface area contributed by atoms with E-state index in [4.69, 9.17) is 21.1 Å². The molecule has 32 heavy (non-hydrogen) atoms. The van der Waals surface area contributed by atoms with E-state index in [9.17, 15) is 18.0 Å². The fourth-order valence-electron chi connectivity index (χ4n) is 3.52. The third-order valence-corrected chi connectivity index (χ3v) is 7.62. The third kappa shape index (κ3) is 4.74. The summed E-state index contributed by atoms with van der Waals surface area (Å²) in [6, 6.07) is 11.2. The number of nitrogens with zero attached hydrogens (tertiary/aromatic N) is 1. The molecular weight excluding hydrogens is 456 g/mol. The molecule has 2 aromatic rings. The van der Waals surface area contributed by atoms with Crippen LogP contribution in [0.5, 0.6) is 5.75 Å². The van der Waals surface area contributed by atoms with Crippen molar-refractivity contribution in [2.75, 3.05) is 33.1 Å². The largest absolute Gasteiger partial charge is 0.495 e. The molecule has 2 aromatic carbocycles. The predicted octanol–water partition coefficient (Wildman–Crippen LogP) is 3.20. The van der Waals surface area contributed by atoms with Gasteiger partial charge in [0.1, 0.15) is 5.75 Å². The maximum Gasteiger partial charge on any atom is 0.317 e. The first-order chi connectivity index (χ1) is 15.1. The summed E-state index contributed by atoms with van der Waals surface area (Å²) in [6.07, 6.45) is 2.15. The molecule has 1 saturated carbocycles. The number of halogens is 1. The van der Waals surface area contributed by atoms with Crippen LogP contribution in [0.15, 0.2) is 47.4 Å². The lowest BCUT2D eigenvalue weighted by molar-refractivity contribution is -0.156. The number of hydrogen-bond donors (Lipinski definition) is 1. The second-order valence-electron chi connectivity index (χ2n) is 7.72. The summed E-state index contributed by atoms with van der Waals surface area (Å²) < 4.78 is 36.4. The van der Waals surface area contributed by atoms with Gasteiger partial charge in [-0.15, -0.1) is 0 Å². The van der Waals surface area contributed by atoms with Gasteiger partial charge in [-0.05, 0) is 48.7 Å². The Hall–Kier alpha value is -2.62. The van der Waals surface area contributed by atoms with Crippen molar-refractivity contribution in [3.63, 3.8) is 0 Å². The molecule has 1 N–H and O–H groups in total. The highest BCUT2D eigenvalue weighted by molar-refractivity contribution is 7.89. The average molecular weight is 481 g/mol. The van der Waals surface area contributed by atoms with Crippen LogP contribution in [-0.2, 0) is 29.8 Å². The van der Waals surface area contributed by atoms with Crippen molar-refractivity contribution in [1.82, 2.24) is 4.31 Å². The van der Waals surface area contributed by atoms with Crippen LogP contribution in [0.4, 0.5) is 5.69 Å². The minimum absolute atomic E-state index is 0.00764. The van der Waals surface area contributed by atoms with Gasteiger partial charge in [-0.3, -0.25) is 9.59 Å². The molecule has 1 aliphatic rings. The number of sulfonamides is 1. The number of carbonyl (C=O) groups excluding carboxylic acids is 2. The van der Waals surface area contributed by atoms with E-state index in [-0.39, 0.29) is 16.3 Å². The first-order valence-corrected chi connectivity index (χ1v) is 11.8. The second kappa shape index (κ2) is 9.48. The van der Waals surface area contributed by atoms with Crippen LogP contribution in [-0.4, -0.2) is 52.4 Å². The van der Waals surface area contributed by atoms with E-state index < -0.39 is 33.9 Å². The lowest BCUT2D eigenvalue weighted by Crippen LogP contribution is -2.44. The first-order valence-electron chi connectivity index (χ1n) is 9.94. The molecule has 8 nitrogen and oxygen atoms in total. The Labute approximate surface area is 192 Å². The predicted molar refractivity (Wildman–Crippen MR) is 120 cm³/mol. The quantitative estimate of drug-likeness (QED) is 0.582. The van der Waals surface area contributed by atoms with Crippen LogP contribution < -0.4 is 10.1 Å². The van der Waals surface area contributed by atoms with E-state index in [0.717, 1.165) is 16.3 Å². The molecule has 0 heterocycles. The fourth-order valence-corrected chi connectivity index (χ4v) is 4.58. The standard InChI is InChI=1S/C22H25ClN2O6S/c1-25(2)32(28,29)17-9-10-19(30-3)18(13-17)24-20(26)14-31-21(27)22(11-4-12-22)15-5-7-16(23)8-6-15/h5-10,13H,4,11-12,14H2,1-3H3,(H,24,26). The molecule has 1 amide bonds. The first kappa shape index (κ1) is 24.0. The Kier molecular flexibility index (Phi) is 7.12. The number of carbonyl (C=O) groups is 2. The van der Waals surface area contributed by atoms with Gasteiger partial charge in [0.15, 0.2) is 6.61 Å². The van der Waals surface area contributed by atoms with Crippen LogP contribution in [0.2, 0.25) is 5.02 Å². The summed E-state index contributed by atoms with van der Waals surface area (Å²) in [7, 11) is 0.519. The van der Waals surface area contributed by atoms with E-state index in [2.05, 4.69) is 5.32 Å². The zero-order valence-corrected chi connectivity index (χ0v) is 19.6. The van der Waals surface area contributed by atoms with Crippen molar-refractivity contribution < 1.29 is 27.5 Å². The van der Waals surface area contributed by atoms with Gasteiger partial charge in [-0.2, -0.15) is 0 Å². The Morgan fingerprint density at radius 2 is 1.78 bits per heavy atom. The molecule has 172 valence electrons. The van der Waals surface area contributed by atoms with Crippen molar-refractivity contribution in [3.8, 4) is 5.75 Å². The van der Waals surface area contributed by atoms with Crippen LogP contribution in [0, 0.1) is 0 Å². The summed E-state index contributed by atoms with van der Waals surface area (Å²) >= 11 is 5.94. The number of amides is 1. The Bertz CT molecular complexity index is 1110. The van der Waals surface area contributed by atoms with Gasteiger partial charge in [0.05, 0.1) is 23.1 Å². The van der Waals surface area contributed by atoms with Crippen LogP contribution in [0.25, 0.3) is 0 Å². The van der Waals surface area contributed by atoms with Gasteiger partial charge in [-0.1, -0.05) is 30.2 Å². The monoisotopic (exact) mass is 480 g/mol.